The van der Waals surface area contributed by atoms with Crippen molar-refractivity contribution >= 4 is 28.1 Å². The van der Waals surface area contributed by atoms with E-state index < -0.39 is 31.3 Å². The lowest BCUT2D eigenvalue weighted by atomic mass is 10.1. The number of halogens is 2. The van der Waals surface area contributed by atoms with Crippen molar-refractivity contribution in [3.05, 3.63) is 34.1 Å². The summed E-state index contributed by atoms with van der Waals surface area (Å²) in [6.07, 6.45) is 0.641. The Morgan fingerprint density at radius 1 is 1.50 bits per heavy atom. The Labute approximate surface area is 134 Å². The van der Waals surface area contributed by atoms with Gasteiger partial charge in [0.05, 0.1) is 4.92 Å². The molecule has 0 bridgehead atoms. The average molecular weight is 354 g/mol. The summed E-state index contributed by atoms with van der Waals surface area (Å²) < 4.78 is 40.0. The van der Waals surface area contributed by atoms with E-state index in [4.69, 9.17) is 0 Å². The van der Waals surface area contributed by atoms with Crippen LogP contribution in [0.1, 0.15) is 6.42 Å². The predicted octanol–water partition coefficient (Wildman–Crippen LogP) is 1.39. The molecule has 10 heteroatoms. The minimum atomic E-state index is -4.21. The first kappa shape index (κ1) is 18.8. The van der Waals surface area contributed by atoms with Crippen molar-refractivity contribution in [2.45, 2.75) is 11.3 Å². The summed E-state index contributed by atoms with van der Waals surface area (Å²) in [5.41, 5.74) is -0.730. The number of benzene rings is 1. The summed E-state index contributed by atoms with van der Waals surface area (Å²) in [6.45, 7) is 1.11. The van der Waals surface area contributed by atoms with E-state index in [2.05, 4.69) is 5.32 Å². The first-order chi connectivity index (χ1) is 9.87. The van der Waals surface area contributed by atoms with Gasteiger partial charge in [-0.3, -0.25) is 10.1 Å². The Hall–Kier alpha value is -1.29. The van der Waals surface area contributed by atoms with Crippen LogP contribution in [0.4, 0.5) is 10.1 Å². The van der Waals surface area contributed by atoms with Crippen LogP contribution in [0.15, 0.2) is 23.1 Å². The average Bonchev–Trinajstić information content (AvgIpc) is 2.88. The summed E-state index contributed by atoms with van der Waals surface area (Å²) in [6, 6.07) is 3.04. The first-order valence-electron chi connectivity index (χ1n) is 6.45. The van der Waals surface area contributed by atoms with Gasteiger partial charge in [0.15, 0.2) is 4.90 Å². The van der Waals surface area contributed by atoms with Gasteiger partial charge in [0.1, 0.15) is 5.82 Å². The van der Waals surface area contributed by atoms with Crippen LogP contribution in [-0.4, -0.2) is 44.3 Å². The van der Waals surface area contributed by atoms with Crippen molar-refractivity contribution < 1.29 is 17.7 Å². The third kappa shape index (κ3) is 3.54. The van der Waals surface area contributed by atoms with E-state index in [9.17, 15) is 22.9 Å². The van der Waals surface area contributed by atoms with Gasteiger partial charge in [-0.05, 0) is 32.0 Å². The number of nitro benzene ring substituents is 1. The Morgan fingerprint density at radius 3 is 2.77 bits per heavy atom. The van der Waals surface area contributed by atoms with Gasteiger partial charge in [0.25, 0.3) is 15.7 Å². The standard InChI is InChI=1S/C12H16FN3O4S.ClH/c1-14-7-9-5-6-15(8-9)21(19,20)12-10(13)3-2-4-11(12)16(17)18;/h2-4,9,14H,5-8H2,1H3;1H. The lowest BCUT2D eigenvalue weighted by Crippen LogP contribution is -2.31. The third-order valence-electron chi connectivity index (χ3n) is 3.48. The second kappa shape index (κ2) is 7.32. The highest BCUT2D eigenvalue weighted by Gasteiger charge is 2.38. The van der Waals surface area contributed by atoms with Crippen LogP contribution in [-0.2, 0) is 10.0 Å². The number of sulfonamides is 1. The molecule has 1 aromatic rings. The molecule has 2 rings (SSSR count). The molecular weight excluding hydrogens is 337 g/mol. The Balaban J connectivity index is 0.00000242. The maximum absolute atomic E-state index is 13.9. The maximum atomic E-state index is 13.9. The van der Waals surface area contributed by atoms with Gasteiger partial charge < -0.3 is 5.32 Å². The van der Waals surface area contributed by atoms with Gasteiger partial charge in [0, 0.05) is 19.2 Å². The summed E-state index contributed by atoms with van der Waals surface area (Å²) in [5, 5.41) is 13.9. The first-order valence-corrected chi connectivity index (χ1v) is 7.89. The number of hydrogen-bond acceptors (Lipinski definition) is 5. The van der Waals surface area contributed by atoms with E-state index >= 15 is 0 Å². The molecule has 22 heavy (non-hydrogen) atoms. The normalized spacial score (nSPS) is 18.9. The van der Waals surface area contributed by atoms with Crippen molar-refractivity contribution in [2.24, 2.45) is 5.92 Å². The van der Waals surface area contributed by atoms with Crippen LogP contribution in [0, 0.1) is 21.8 Å². The van der Waals surface area contributed by atoms with Gasteiger partial charge in [-0.15, -0.1) is 12.4 Å². The zero-order valence-electron chi connectivity index (χ0n) is 11.9. The number of rotatable bonds is 5. The number of nitrogens with zero attached hydrogens (tertiary/aromatic N) is 2. The molecule has 1 atom stereocenters. The van der Waals surface area contributed by atoms with Gasteiger partial charge in [-0.25, -0.2) is 12.8 Å². The molecule has 0 amide bonds. The molecule has 0 saturated carbocycles. The lowest BCUT2D eigenvalue weighted by molar-refractivity contribution is -0.388. The van der Waals surface area contributed by atoms with E-state index in [1.807, 2.05) is 0 Å². The third-order valence-corrected chi connectivity index (χ3v) is 5.41. The molecule has 0 spiro atoms. The number of nitro groups is 1. The quantitative estimate of drug-likeness (QED) is 0.637. The van der Waals surface area contributed by atoms with Crippen LogP contribution < -0.4 is 5.32 Å². The Kier molecular flexibility index (Phi) is 6.24. The molecule has 1 fully saturated rings. The van der Waals surface area contributed by atoms with Crippen molar-refractivity contribution in [2.75, 3.05) is 26.7 Å². The molecule has 1 aliphatic rings. The minimum Gasteiger partial charge on any atom is -0.319 e. The van der Waals surface area contributed by atoms with E-state index in [0.717, 1.165) is 22.5 Å². The van der Waals surface area contributed by atoms with Gasteiger partial charge in [-0.1, -0.05) is 6.07 Å². The molecule has 1 saturated heterocycles. The van der Waals surface area contributed by atoms with Crippen LogP contribution >= 0.6 is 12.4 Å². The minimum absolute atomic E-state index is 0. The largest absolute Gasteiger partial charge is 0.319 e. The molecule has 124 valence electrons. The number of nitrogens with one attached hydrogen (secondary N) is 1. The second-order valence-corrected chi connectivity index (χ2v) is 6.80. The van der Waals surface area contributed by atoms with Crippen molar-refractivity contribution in [1.29, 1.82) is 0 Å². The van der Waals surface area contributed by atoms with Crippen molar-refractivity contribution in [3.63, 3.8) is 0 Å². The Morgan fingerprint density at radius 2 is 2.18 bits per heavy atom. The smallest absolute Gasteiger partial charge is 0.292 e. The van der Waals surface area contributed by atoms with Crippen molar-refractivity contribution in [1.82, 2.24) is 9.62 Å². The molecule has 0 radical (unpaired) electrons. The van der Waals surface area contributed by atoms with Crippen LogP contribution in [0.25, 0.3) is 0 Å². The fourth-order valence-electron chi connectivity index (χ4n) is 2.50. The van der Waals surface area contributed by atoms with Crippen molar-refractivity contribution in [3.8, 4) is 0 Å². The molecule has 1 aromatic carbocycles. The van der Waals surface area contributed by atoms with Crippen LogP contribution in [0.5, 0.6) is 0 Å². The molecule has 1 aliphatic heterocycles. The maximum Gasteiger partial charge on any atom is 0.292 e. The molecule has 1 N–H and O–H groups in total. The highest BCUT2D eigenvalue weighted by molar-refractivity contribution is 7.89. The number of hydrogen-bond donors (Lipinski definition) is 1. The van der Waals surface area contributed by atoms with Gasteiger partial charge in [-0.2, -0.15) is 4.31 Å². The monoisotopic (exact) mass is 353 g/mol. The van der Waals surface area contributed by atoms with E-state index in [0.29, 0.717) is 13.0 Å². The Bertz CT molecular complexity index is 656. The lowest BCUT2D eigenvalue weighted by Gasteiger charge is -2.17. The highest BCUT2D eigenvalue weighted by Crippen LogP contribution is 2.31. The fraction of sp³-hybridized carbons (Fsp3) is 0.500. The summed E-state index contributed by atoms with van der Waals surface area (Å²) in [5.74, 6) is -0.975. The molecule has 1 heterocycles. The van der Waals surface area contributed by atoms with Crippen LogP contribution in [0.2, 0.25) is 0 Å². The van der Waals surface area contributed by atoms with E-state index in [1.165, 1.54) is 0 Å². The fourth-order valence-corrected chi connectivity index (χ4v) is 4.23. The van der Waals surface area contributed by atoms with E-state index in [1.54, 1.807) is 7.05 Å². The second-order valence-electron chi connectivity index (χ2n) is 4.92. The van der Waals surface area contributed by atoms with E-state index in [-0.39, 0.29) is 31.4 Å². The highest BCUT2D eigenvalue weighted by atomic mass is 35.5. The molecule has 7 nitrogen and oxygen atoms in total. The topological polar surface area (TPSA) is 92.6 Å². The van der Waals surface area contributed by atoms with Crippen LogP contribution in [0.3, 0.4) is 0 Å². The summed E-state index contributed by atoms with van der Waals surface area (Å²) >= 11 is 0. The van der Waals surface area contributed by atoms with Gasteiger partial charge >= 0.3 is 0 Å². The molecule has 0 aromatic heterocycles. The predicted molar refractivity (Wildman–Crippen MR) is 81.1 cm³/mol. The zero-order valence-corrected chi connectivity index (χ0v) is 13.5. The SMILES string of the molecule is CNCC1CCN(S(=O)(=O)c2c(F)cccc2[N+](=O)[O-])C1.Cl. The molecular formula is C12H17ClFN3O4S. The summed E-state index contributed by atoms with van der Waals surface area (Å²) in [7, 11) is -2.44. The summed E-state index contributed by atoms with van der Waals surface area (Å²) in [4.78, 5) is 9.22. The molecule has 1 unspecified atom stereocenters. The van der Waals surface area contributed by atoms with Gasteiger partial charge in [0.2, 0.25) is 0 Å². The molecule has 0 aliphatic carbocycles. The zero-order chi connectivity index (χ0) is 15.6.